The van der Waals surface area contributed by atoms with Gasteiger partial charge < -0.3 is 10.1 Å². The molecule has 1 fully saturated rings. The van der Waals surface area contributed by atoms with E-state index in [0.29, 0.717) is 12.6 Å². The lowest BCUT2D eigenvalue weighted by Gasteiger charge is -2.20. The molecular weight excluding hydrogens is 272 g/mol. The smallest absolute Gasteiger partial charge is 0.311 e. The summed E-state index contributed by atoms with van der Waals surface area (Å²) in [6.45, 7) is 2.25. The van der Waals surface area contributed by atoms with Crippen LogP contribution in [-0.2, 0) is 16.0 Å². The first kappa shape index (κ1) is 15.3. The Labute approximate surface area is 124 Å². The van der Waals surface area contributed by atoms with Gasteiger partial charge in [0.1, 0.15) is 0 Å². The molecule has 20 heavy (non-hydrogen) atoms. The van der Waals surface area contributed by atoms with Gasteiger partial charge in [0.15, 0.2) is 5.13 Å². The Kier molecular flexibility index (Phi) is 6.30. The summed E-state index contributed by atoms with van der Waals surface area (Å²) in [7, 11) is 0. The van der Waals surface area contributed by atoms with Crippen molar-refractivity contribution in [3.63, 3.8) is 0 Å². The fourth-order valence-electron chi connectivity index (χ4n) is 2.59. The Morgan fingerprint density at radius 3 is 2.75 bits per heavy atom. The number of ether oxygens (including phenoxy) is 1. The van der Waals surface area contributed by atoms with E-state index in [0.717, 1.165) is 10.8 Å². The second-order valence-corrected chi connectivity index (χ2v) is 6.17. The average Bonchev–Trinajstić information content (AvgIpc) is 2.80. The highest BCUT2D eigenvalue weighted by Gasteiger charge is 2.14. The molecule has 1 aromatic heterocycles. The van der Waals surface area contributed by atoms with Gasteiger partial charge in [-0.15, -0.1) is 11.3 Å². The molecule has 0 atom stereocenters. The molecule has 0 aliphatic heterocycles. The van der Waals surface area contributed by atoms with Crippen LogP contribution < -0.4 is 5.32 Å². The Morgan fingerprint density at radius 2 is 2.05 bits per heavy atom. The first-order valence-corrected chi connectivity index (χ1v) is 8.52. The van der Waals surface area contributed by atoms with E-state index >= 15 is 0 Å². The lowest BCUT2D eigenvalue weighted by molar-refractivity contribution is -0.142. The predicted molar refractivity (Wildman–Crippen MR) is 82.2 cm³/mol. The Morgan fingerprint density at radius 1 is 1.35 bits per heavy atom. The second-order valence-electron chi connectivity index (χ2n) is 5.31. The third kappa shape index (κ3) is 5.12. The number of carbonyl (C=O) groups is 1. The van der Waals surface area contributed by atoms with E-state index in [4.69, 9.17) is 4.74 Å². The maximum atomic E-state index is 11.4. The van der Waals surface area contributed by atoms with Crippen LogP contribution in [0.4, 0.5) is 5.13 Å². The molecule has 0 radical (unpaired) electrons. The lowest BCUT2D eigenvalue weighted by atomic mass is 9.97. The monoisotopic (exact) mass is 296 g/mol. The topological polar surface area (TPSA) is 51.2 Å². The van der Waals surface area contributed by atoms with Crippen LogP contribution in [0.15, 0.2) is 5.38 Å². The highest BCUT2D eigenvalue weighted by Crippen LogP contribution is 2.23. The van der Waals surface area contributed by atoms with Gasteiger partial charge in [-0.2, -0.15) is 0 Å². The molecule has 0 spiro atoms. The summed E-state index contributed by atoms with van der Waals surface area (Å²) in [5.41, 5.74) is 0.807. The van der Waals surface area contributed by atoms with E-state index < -0.39 is 0 Å². The van der Waals surface area contributed by atoms with Crippen molar-refractivity contribution in [2.24, 2.45) is 0 Å². The third-order valence-corrected chi connectivity index (χ3v) is 4.44. The number of rotatable bonds is 5. The first-order valence-electron chi connectivity index (χ1n) is 7.64. The molecule has 0 saturated heterocycles. The van der Waals surface area contributed by atoms with Crippen molar-refractivity contribution in [1.29, 1.82) is 0 Å². The molecular formula is C15H24N2O2S. The number of esters is 1. The molecule has 0 amide bonds. The molecule has 1 saturated carbocycles. The number of aromatic nitrogens is 1. The molecule has 0 bridgehead atoms. The summed E-state index contributed by atoms with van der Waals surface area (Å²) < 4.78 is 4.94. The molecule has 112 valence electrons. The van der Waals surface area contributed by atoms with Gasteiger partial charge in [0.05, 0.1) is 18.7 Å². The van der Waals surface area contributed by atoms with Crippen molar-refractivity contribution < 1.29 is 9.53 Å². The standard InChI is InChI=1S/C15H24N2O2S/c1-2-19-14(18)10-13-11-20-15(17-13)16-12-8-6-4-3-5-7-9-12/h11-12H,2-10H2,1H3,(H,16,17). The fraction of sp³-hybridized carbons (Fsp3) is 0.733. The maximum absolute atomic E-state index is 11.4. The van der Waals surface area contributed by atoms with Gasteiger partial charge >= 0.3 is 5.97 Å². The van der Waals surface area contributed by atoms with Crippen molar-refractivity contribution >= 4 is 22.4 Å². The van der Waals surface area contributed by atoms with Crippen molar-refractivity contribution in [2.75, 3.05) is 11.9 Å². The number of nitrogens with one attached hydrogen (secondary N) is 1. The zero-order chi connectivity index (χ0) is 14.2. The van der Waals surface area contributed by atoms with E-state index in [1.165, 1.54) is 44.9 Å². The second kappa shape index (κ2) is 8.25. The van der Waals surface area contributed by atoms with E-state index in [9.17, 15) is 4.79 Å². The fourth-order valence-corrected chi connectivity index (χ4v) is 3.38. The van der Waals surface area contributed by atoms with E-state index in [1.807, 2.05) is 12.3 Å². The molecule has 0 aromatic carbocycles. The molecule has 2 rings (SSSR count). The lowest BCUT2D eigenvalue weighted by Crippen LogP contribution is -2.20. The van der Waals surface area contributed by atoms with Gasteiger partial charge in [0, 0.05) is 11.4 Å². The summed E-state index contributed by atoms with van der Waals surface area (Å²) in [4.78, 5) is 15.9. The van der Waals surface area contributed by atoms with Gasteiger partial charge in [-0.25, -0.2) is 4.98 Å². The third-order valence-electron chi connectivity index (χ3n) is 3.62. The SMILES string of the molecule is CCOC(=O)Cc1csc(NC2CCCCCCC2)n1. The van der Waals surface area contributed by atoms with Gasteiger partial charge in [-0.1, -0.05) is 32.1 Å². The van der Waals surface area contributed by atoms with Crippen LogP contribution in [0.2, 0.25) is 0 Å². The molecule has 1 aliphatic carbocycles. The first-order chi connectivity index (χ1) is 9.78. The molecule has 1 heterocycles. The molecule has 0 unspecified atom stereocenters. The van der Waals surface area contributed by atoms with E-state index in [2.05, 4.69) is 10.3 Å². The van der Waals surface area contributed by atoms with Crippen LogP contribution in [-0.4, -0.2) is 23.6 Å². The highest BCUT2D eigenvalue weighted by atomic mass is 32.1. The van der Waals surface area contributed by atoms with Crippen LogP contribution in [0.5, 0.6) is 0 Å². The zero-order valence-corrected chi connectivity index (χ0v) is 13.0. The Bertz CT molecular complexity index is 412. The van der Waals surface area contributed by atoms with Crippen molar-refractivity contribution in [1.82, 2.24) is 4.98 Å². The van der Waals surface area contributed by atoms with Gasteiger partial charge in [-0.3, -0.25) is 4.79 Å². The Hall–Kier alpha value is -1.10. The van der Waals surface area contributed by atoms with Crippen molar-refractivity contribution in [2.45, 2.75) is 64.3 Å². The largest absolute Gasteiger partial charge is 0.466 e. The minimum atomic E-state index is -0.199. The summed E-state index contributed by atoms with van der Waals surface area (Å²) in [5, 5.41) is 6.42. The predicted octanol–water partition coefficient (Wildman–Crippen LogP) is 3.77. The van der Waals surface area contributed by atoms with E-state index in [-0.39, 0.29) is 12.4 Å². The summed E-state index contributed by atoms with van der Waals surface area (Å²) in [5.74, 6) is -0.199. The van der Waals surface area contributed by atoms with Crippen molar-refractivity contribution in [3.05, 3.63) is 11.1 Å². The van der Waals surface area contributed by atoms with Crippen LogP contribution in [0.25, 0.3) is 0 Å². The van der Waals surface area contributed by atoms with E-state index in [1.54, 1.807) is 11.3 Å². The van der Waals surface area contributed by atoms with Crippen LogP contribution in [0, 0.1) is 0 Å². The van der Waals surface area contributed by atoms with Gasteiger partial charge in [-0.05, 0) is 19.8 Å². The molecule has 1 N–H and O–H groups in total. The summed E-state index contributed by atoms with van der Waals surface area (Å²) in [6, 6.07) is 0.539. The zero-order valence-electron chi connectivity index (χ0n) is 12.2. The van der Waals surface area contributed by atoms with Crippen LogP contribution in [0.1, 0.15) is 57.6 Å². The minimum absolute atomic E-state index is 0.199. The summed E-state index contributed by atoms with van der Waals surface area (Å²) in [6.07, 6.45) is 9.43. The quantitative estimate of drug-likeness (QED) is 0.840. The number of nitrogens with zero attached hydrogens (tertiary/aromatic N) is 1. The molecule has 5 heteroatoms. The number of hydrogen-bond donors (Lipinski definition) is 1. The van der Waals surface area contributed by atoms with Gasteiger partial charge in [0.2, 0.25) is 0 Å². The minimum Gasteiger partial charge on any atom is -0.466 e. The van der Waals surface area contributed by atoms with Crippen LogP contribution in [0.3, 0.4) is 0 Å². The normalized spacial score (nSPS) is 17.2. The number of thiazole rings is 1. The number of anilines is 1. The maximum Gasteiger partial charge on any atom is 0.311 e. The molecule has 1 aliphatic rings. The van der Waals surface area contributed by atoms with Gasteiger partial charge in [0.25, 0.3) is 0 Å². The van der Waals surface area contributed by atoms with Crippen LogP contribution >= 0.6 is 11.3 Å². The number of hydrogen-bond acceptors (Lipinski definition) is 5. The number of carbonyl (C=O) groups excluding carboxylic acids is 1. The Balaban J connectivity index is 1.83. The molecule has 4 nitrogen and oxygen atoms in total. The highest BCUT2D eigenvalue weighted by molar-refractivity contribution is 7.13. The molecule has 1 aromatic rings. The van der Waals surface area contributed by atoms with Crippen molar-refractivity contribution in [3.8, 4) is 0 Å². The summed E-state index contributed by atoms with van der Waals surface area (Å²) >= 11 is 1.59. The average molecular weight is 296 g/mol.